The number of para-hydroxylation sites is 2. The molecule has 9 heteroatoms. The van der Waals surface area contributed by atoms with E-state index in [-0.39, 0.29) is 17.1 Å². The van der Waals surface area contributed by atoms with Crippen LogP contribution in [0.2, 0.25) is 0 Å². The summed E-state index contributed by atoms with van der Waals surface area (Å²) in [5.41, 5.74) is 2.05. The van der Waals surface area contributed by atoms with Crippen LogP contribution in [0, 0.1) is 0 Å². The van der Waals surface area contributed by atoms with Crippen molar-refractivity contribution in [2.24, 2.45) is 10.3 Å². The van der Waals surface area contributed by atoms with Gasteiger partial charge in [-0.3, -0.25) is 0 Å². The average molecular weight is 474 g/mol. The number of oxime groups is 2. The Bertz CT molecular complexity index is 803. The summed E-state index contributed by atoms with van der Waals surface area (Å²) in [6, 6.07) is 16.1. The molecule has 0 aromatic heterocycles. The molecule has 153 valence electrons. The maximum absolute atomic E-state index is 4.55. The van der Waals surface area contributed by atoms with E-state index >= 15 is 0 Å². The second kappa shape index (κ2) is 12.3. The molecule has 0 fully saturated rings. The largest absolute Gasteiger partial charge is 2.00 e. The average Bonchev–Trinajstić information content (AvgIpc) is 3.32. The van der Waals surface area contributed by atoms with Gasteiger partial charge >= 0.3 is 17.1 Å². The molecule has 0 amide bonds. The number of hydrogen-bond acceptors (Lipinski definition) is 6. The molecule has 2 aromatic carbocycles. The monoisotopic (exact) mass is 473 g/mol. The third kappa shape index (κ3) is 6.90. The van der Waals surface area contributed by atoms with Crippen LogP contribution in [-0.4, -0.2) is 26.6 Å². The van der Waals surface area contributed by atoms with E-state index in [0.29, 0.717) is 0 Å². The summed E-state index contributed by atoms with van der Waals surface area (Å²) in [4.78, 5) is 11.5. The van der Waals surface area contributed by atoms with Crippen molar-refractivity contribution >= 4 is 47.3 Å². The summed E-state index contributed by atoms with van der Waals surface area (Å²) < 4.78 is 0. The minimum absolute atomic E-state index is 0. The molecule has 29 heavy (non-hydrogen) atoms. The van der Waals surface area contributed by atoms with E-state index in [9.17, 15) is 0 Å². The van der Waals surface area contributed by atoms with E-state index in [4.69, 9.17) is 0 Å². The van der Waals surface area contributed by atoms with E-state index in [0.717, 1.165) is 21.4 Å². The number of allylic oxidation sites excluding steroid dienone is 2. The fourth-order valence-corrected chi connectivity index (χ4v) is 3.96. The van der Waals surface area contributed by atoms with Gasteiger partial charge in [0, 0.05) is 0 Å². The van der Waals surface area contributed by atoms with Gasteiger partial charge in [0.15, 0.2) is 0 Å². The van der Waals surface area contributed by atoms with Gasteiger partial charge in [0.1, 0.15) is 14.2 Å². The third-order valence-corrected chi connectivity index (χ3v) is 5.39. The predicted molar refractivity (Wildman–Crippen MR) is 118 cm³/mol. The smallest absolute Gasteiger partial charge is 0.651 e. The van der Waals surface area contributed by atoms with Crippen molar-refractivity contribution in [3.8, 4) is 0 Å². The van der Waals surface area contributed by atoms with Crippen LogP contribution >= 0.6 is 23.5 Å². The van der Waals surface area contributed by atoms with Gasteiger partial charge in [-0.15, -0.1) is 34.9 Å². The summed E-state index contributed by atoms with van der Waals surface area (Å²) in [6.07, 6.45) is 6.84. The first-order valence-electron chi connectivity index (χ1n) is 8.31. The van der Waals surface area contributed by atoms with Crippen molar-refractivity contribution < 1.29 is 26.7 Å². The minimum atomic E-state index is 0. The van der Waals surface area contributed by atoms with Crippen molar-refractivity contribution in [1.82, 2.24) is 0 Å². The van der Waals surface area contributed by atoms with E-state index in [1.165, 1.54) is 24.0 Å². The molecule has 0 saturated carbocycles. The molecule has 0 aliphatic carbocycles. The van der Waals surface area contributed by atoms with Crippen LogP contribution in [0.15, 0.2) is 90.8 Å². The van der Waals surface area contributed by atoms with Crippen LogP contribution in [0.1, 0.15) is 0 Å². The summed E-state index contributed by atoms with van der Waals surface area (Å²) >= 11 is 3.27. The molecule has 0 atom stereocenters. The Morgan fingerprint density at radius 2 is 1.14 bits per heavy atom. The molecule has 0 unspecified atom stereocenters. The van der Waals surface area contributed by atoms with E-state index in [1.807, 2.05) is 48.6 Å². The van der Waals surface area contributed by atoms with Crippen LogP contribution in [0.4, 0.5) is 11.4 Å². The number of rotatable bonds is 4. The minimum Gasteiger partial charge on any atom is -0.651 e. The zero-order valence-corrected chi connectivity index (χ0v) is 18.2. The number of fused-ring (bicyclic) bond motifs is 2. The Labute approximate surface area is 189 Å². The fourth-order valence-electron chi connectivity index (χ4n) is 2.23. The van der Waals surface area contributed by atoms with Gasteiger partial charge < -0.3 is 20.3 Å². The summed E-state index contributed by atoms with van der Waals surface area (Å²) in [5.74, 6) is 0. The molecule has 0 saturated heterocycles. The molecule has 2 aliphatic heterocycles. The van der Waals surface area contributed by atoms with Crippen molar-refractivity contribution in [3.05, 3.63) is 81.4 Å². The standard InChI is InChI=1S/2C10H9N2OS.Cu/c2*1-13-11-7-6-10-12-8-4-2-3-5-9(8)14-10;/h2*2-7H,1H3;/q2*-1;+2/b2*10-6+,11-7+;. The molecule has 2 aromatic rings. The Morgan fingerprint density at radius 1 is 0.724 bits per heavy atom. The molecule has 2 aliphatic rings. The van der Waals surface area contributed by atoms with Crippen molar-refractivity contribution in [2.75, 3.05) is 14.2 Å². The Hall–Kier alpha value is -2.32. The quantitative estimate of drug-likeness (QED) is 0.287. The van der Waals surface area contributed by atoms with Gasteiger partial charge in [-0.25, -0.2) is 0 Å². The Morgan fingerprint density at radius 3 is 1.52 bits per heavy atom. The topological polar surface area (TPSA) is 71.4 Å². The Balaban J connectivity index is 0.000000200. The normalized spacial score (nSPS) is 16.5. The molecule has 0 bridgehead atoms. The number of benzene rings is 2. The molecule has 6 nitrogen and oxygen atoms in total. The molecular weight excluding hydrogens is 456 g/mol. The van der Waals surface area contributed by atoms with Gasteiger partial charge in [0.2, 0.25) is 0 Å². The number of nitrogens with zero attached hydrogens (tertiary/aromatic N) is 4. The van der Waals surface area contributed by atoms with Crippen molar-refractivity contribution in [1.29, 1.82) is 0 Å². The zero-order valence-electron chi connectivity index (χ0n) is 15.7. The van der Waals surface area contributed by atoms with Gasteiger partial charge in [-0.1, -0.05) is 56.8 Å². The number of thioether (sulfide) groups is 2. The van der Waals surface area contributed by atoms with Crippen LogP contribution in [0.3, 0.4) is 0 Å². The van der Waals surface area contributed by atoms with Crippen molar-refractivity contribution in [2.45, 2.75) is 9.79 Å². The SMILES string of the molecule is CO/N=C/C=C1\[N-]c2ccccc2S1.CO/N=C/C=C1\[N-]c2ccccc2S1.[Cu+2]. The van der Waals surface area contributed by atoms with E-state index in [2.05, 4.69) is 42.8 Å². The van der Waals surface area contributed by atoms with E-state index in [1.54, 1.807) is 36.0 Å². The summed E-state index contributed by atoms with van der Waals surface area (Å²) in [6.45, 7) is 0. The van der Waals surface area contributed by atoms with Crippen LogP contribution in [-0.2, 0) is 26.7 Å². The maximum atomic E-state index is 4.55. The first kappa shape index (κ1) is 23.0. The number of hydrogen-bond donors (Lipinski definition) is 0. The van der Waals surface area contributed by atoms with Gasteiger partial charge in [-0.2, -0.15) is 0 Å². The maximum Gasteiger partial charge on any atom is 2.00 e. The third-order valence-electron chi connectivity index (χ3n) is 3.39. The first-order valence-corrected chi connectivity index (χ1v) is 9.94. The first-order chi connectivity index (χ1) is 13.8. The second-order valence-electron chi connectivity index (χ2n) is 5.25. The summed E-state index contributed by atoms with van der Waals surface area (Å²) in [7, 11) is 3.03. The van der Waals surface area contributed by atoms with Crippen LogP contribution in [0.25, 0.3) is 10.6 Å². The van der Waals surface area contributed by atoms with Gasteiger partial charge in [0.25, 0.3) is 0 Å². The van der Waals surface area contributed by atoms with Crippen LogP contribution < -0.4 is 0 Å². The predicted octanol–water partition coefficient (Wildman–Crippen LogP) is 6.54. The second-order valence-corrected chi connectivity index (χ2v) is 7.37. The fraction of sp³-hybridized carbons (Fsp3) is 0.100. The molecular formula is C20H18CuN4O2S2. The summed E-state index contributed by atoms with van der Waals surface area (Å²) in [5, 5.41) is 17.9. The molecule has 2 heterocycles. The molecule has 0 N–H and O–H groups in total. The zero-order chi connectivity index (χ0) is 19.6. The molecule has 0 spiro atoms. The van der Waals surface area contributed by atoms with Gasteiger partial charge in [0.05, 0.1) is 12.4 Å². The van der Waals surface area contributed by atoms with Crippen molar-refractivity contribution in [3.63, 3.8) is 0 Å². The van der Waals surface area contributed by atoms with Crippen LogP contribution in [0.5, 0.6) is 0 Å². The Kier molecular flexibility index (Phi) is 9.73. The molecule has 1 radical (unpaired) electrons. The van der Waals surface area contributed by atoms with E-state index < -0.39 is 0 Å². The van der Waals surface area contributed by atoms with Gasteiger partial charge in [-0.05, 0) is 34.1 Å². The molecule has 4 rings (SSSR count).